The van der Waals surface area contributed by atoms with E-state index in [1.807, 2.05) is 19.1 Å². The number of carbonyl (C=O) groups is 2. The van der Waals surface area contributed by atoms with Crippen LogP contribution in [0.25, 0.3) is 5.76 Å². The van der Waals surface area contributed by atoms with Crippen LogP contribution in [0.2, 0.25) is 0 Å². The Bertz CT molecular complexity index is 841. The molecule has 6 heteroatoms. The number of nitrogens with zero attached hydrogens (tertiary/aromatic N) is 1. The van der Waals surface area contributed by atoms with Crippen molar-refractivity contribution in [2.24, 2.45) is 0 Å². The largest absolute Gasteiger partial charge is 0.507 e. The van der Waals surface area contributed by atoms with Crippen molar-refractivity contribution in [1.29, 1.82) is 0 Å². The first-order valence-corrected chi connectivity index (χ1v) is 7.52. The number of benzene rings is 1. The summed E-state index contributed by atoms with van der Waals surface area (Å²) in [6, 6.07) is 7.22. The van der Waals surface area contributed by atoms with Gasteiger partial charge in [-0.25, -0.2) is 9.59 Å². The number of rotatable bonds is 4. The van der Waals surface area contributed by atoms with Gasteiger partial charge in [-0.1, -0.05) is 29.8 Å². The van der Waals surface area contributed by atoms with Crippen molar-refractivity contribution in [3.8, 4) is 0 Å². The molecule has 1 aliphatic heterocycles. The molecule has 0 unspecified atom stereocenters. The van der Waals surface area contributed by atoms with E-state index in [4.69, 9.17) is 9.47 Å². The van der Waals surface area contributed by atoms with Crippen LogP contribution in [0.5, 0.6) is 0 Å². The second-order valence-corrected chi connectivity index (χ2v) is 5.53. The molecule has 0 aromatic heterocycles. The normalized spacial score (nSPS) is 14.9. The lowest BCUT2D eigenvalue weighted by molar-refractivity contribution is -0.402. The zero-order chi connectivity index (χ0) is 18.7. The van der Waals surface area contributed by atoms with Crippen molar-refractivity contribution in [1.82, 2.24) is 0 Å². The molecule has 0 radical (unpaired) electrons. The van der Waals surface area contributed by atoms with E-state index in [0.29, 0.717) is 11.3 Å². The van der Waals surface area contributed by atoms with E-state index in [1.165, 1.54) is 24.9 Å². The van der Waals surface area contributed by atoms with Gasteiger partial charge in [-0.3, -0.25) is 0 Å². The molecule has 6 nitrogen and oxygen atoms in total. The predicted octanol–water partition coefficient (Wildman–Crippen LogP) is 2.49. The van der Waals surface area contributed by atoms with Crippen LogP contribution >= 0.6 is 0 Å². The van der Waals surface area contributed by atoms with E-state index in [-0.39, 0.29) is 22.6 Å². The van der Waals surface area contributed by atoms with Crippen LogP contribution in [-0.2, 0) is 19.1 Å². The number of ether oxygens (including phenoxy) is 2. The zero-order valence-electron chi connectivity index (χ0n) is 14.6. The minimum absolute atomic E-state index is 0.000474. The molecule has 0 atom stereocenters. The lowest BCUT2D eigenvalue weighted by Crippen LogP contribution is -2.14. The molecule has 2 rings (SSSR count). The number of methoxy groups -OCH3 is 2. The topological polar surface area (TPSA) is 75.8 Å². The Morgan fingerprint density at radius 2 is 1.56 bits per heavy atom. The standard InChI is InChI=1S/C19H19NO5/c1-11-6-8-13(9-7-11)15(21)10-14-17(19(23)25-5)16(18(22)24-4)12(2)20(14)3/h6-10H,3H2,1-2,4-5H3/p+1. The van der Waals surface area contributed by atoms with Gasteiger partial charge in [0.2, 0.25) is 5.70 Å². The molecule has 1 aromatic carbocycles. The first-order valence-electron chi connectivity index (χ1n) is 7.52. The summed E-state index contributed by atoms with van der Waals surface area (Å²) in [6.07, 6.45) is 1.38. The van der Waals surface area contributed by atoms with E-state index in [2.05, 4.69) is 6.72 Å². The Morgan fingerprint density at radius 1 is 1.04 bits per heavy atom. The van der Waals surface area contributed by atoms with Gasteiger partial charge in [0.15, 0.2) is 11.3 Å². The summed E-state index contributed by atoms with van der Waals surface area (Å²) in [5.74, 6) is -1.46. The highest BCUT2D eigenvalue weighted by molar-refractivity contribution is 6.08. The quantitative estimate of drug-likeness (QED) is 0.517. The summed E-state index contributed by atoms with van der Waals surface area (Å²) in [4.78, 5) is 24.3. The first kappa shape index (κ1) is 18.2. The molecule has 1 heterocycles. The third kappa shape index (κ3) is 3.38. The monoisotopic (exact) mass is 342 g/mol. The Hall–Kier alpha value is -3.15. The average molecular weight is 342 g/mol. The summed E-state index contributed by atoms with van der Waals surface area (Å²) < 4.78 is 10.9. The second-order valence-electron chi connectivity index (χ2n) is 5.53. The van der Waals surface area contributed by atoms with E-state index >= 15 is 0 Å². The Kier molecular flexibility index (Phi) is 5.22. The van der Waals surface area contributed by atoms with Crippen LogP contribution in [0.3, 0.4) is 0 Å². The van der Waals surface area contributed by atoms with Gasteiger partial charge >= 0.3 is 11.9 Å². The van der Waals surface area contributed by atoms with Crippen molar-refractivity contribution in [3.63, 3.8) is 0 Å². The predicted molar refractivity (Wildman–Crippen MR) is 92.9 cm³/mol. The van der Waals surface area contributed by atoms with Gasteiger partial charge in [0.05, 0.1) is 20.3 Å². The highest BCUT2D eigenvalue weighted by Crippen LogP contribution is 2.32. The molecule has 25 heavy (non-hydrogen) atoms. The summed E-state index contributed by atoms with van der Waals surface area (Å²) in [7, 11) is 2.44. The fourth-order valence-electron chi connectivity index (χ4n) is 2.51. The maximum atomic E-state index is 12.2. The molecule has 0 aliphatic carbocycles. The molecule has 1 aliphatic rings. The Labute approximate surface area is 146 Å². The van der Waals surface area contributed by atoms with E-state index in [0.717, 1.165) is 5.56 Å². The van der Waals surface area contributed by atoms with Gasteiger partial charge in [0.25, 0.3) is 0 Å². The van der Waals surface area contributed by atoms with Gasteiger partial charge in [0.1, 0.15) is 18.0 Å². The first-order chi connectivity index (χ1) is 11.8. The molecule has 0 spiro atoms. The van der Waals surface area contributed by atoms with Crippen LogP contribution < -0.4 is 0 Å². The summed E-state index contributed by atoms with van der Waals surface area (Å²) >= 11 is 0. The van der Waals surface area contributed by atoms with Crippen LogP contribution in [-0.4, -0.2) is 42.6 Å². The third-order valence-electron chi connectivity index (χ3n) is 3.96. The zero-order valence-corrected chi connectivity index (χ0v) is 14.6. The van der Waals surface area contributed by atoms with E-state index in [1.54, 1.807) is 19.1 Å². The van der Waals surface area contributed by atoms with Gasteiger partial charge in [0, 0.05) is 12.5 Å². The number of allylic oxidation sites excluding steroid dienone is 2. The lowest BCUT2D eigenvalue weighted by atomic mass is 10.0. The number of aliphatic hydroxyl groups excluding tert-OH is 1. The molecule has 0 bridgehead atoms. The van der Waals surface area contributed by atoms with Gasteiger partial charge < -0.3 is 14.6 Å². The van der Waals surface area contributed by atoms with Crippen molar-refractivity contribution in [2.75, 3.05) is 14.2 Å². The molecule has 130 valence electrons. The number of aliphatic hydroxyl groups is 1. The lowest BCUT2D eigenvalue weighted by Gasteiger charge is -2.03. The molecule has 0 saturated heterocycles. The Morgan fingerprint density at radius 3 is 2.08 bits per heavy atom. The highest BCUT2D eigenvalue weighted by Gasteiger charge is 2.41. The molecule has 0 fully saturated rings. The fourth-order valence-corrected chi connectivity index (χ4v) is 2.51. The SMILES string of the molecule is C=[N+]1C(C)=C(C(=O)OC)C(C(=O)OC)=C1/C=C(\O)c1ccc(C)cc1. The molecule has 1 aromatic rings. The third-order valence-corrected chi connectivity index (χ3v) is 3.96. The number of esters is 2. The molecular weight excluding hydrogens is 322 g/mol. The highest BCUT2D eigenvalue weighted by atomic mass is 16.5. The van der Waals surface area contributed by atoms with E-state index in [9.17, 15) is 14.7 Å². The minimum atomic E-state index is -0.714. The van der Waals surface area contributed by atoms with Gasteiger partial charge in [-0.15, -0.1) is 0 Å². The van der Waals surface area contributed by atoms with Crippen molar-refractivity contribution < 1.29 is 28.7 Å². The summed E-state index contributed by atoms with van der Waals surface area (Å²) in [5, 5.41) is 10.4. The maximum absolute atomic E-state index is 12.2. The van der Waals surface area contributed by atoms with Gasteiger partial charge in [-0.05, 0) is 6.92 Å². The number of hydrogen-bond acceptors (Lipinski definition) is 5. The van der Waals surface area contributed by atoms with Crippen LogP contribution in [0.1, 0.15) is 18.1 Å². The Balaban J connectivity index is 2.61. The van der Waals surface area contributed by atoms with Crippen LogP contribution in [0.4, 0.5) is 0 Å². The number of aryl methyl sites for hydroxylation is 1. The second kappa shape index (κ2) is 7.17. The number of hydrogen-bond donors (Lipinski definition) is 1. The van der Waals surface area contributed by atoms with Crippen LogP contribution in [0.15, 0.2) is 52.9 Å². The van der Waals surface area contributed by atoms with Crippen LogP contribution in [0, 0.1) is 6.92 Å². The fraction of sp³-hybridized carbons (Fsp3) is 0.211. The molecular formula is C19H20NO5+. The molecule has 0 amide bonds. The maximum Gasteiger partial charge on any atom is 0.345 e. The summed E-state index contributed by atoms with van der Waals surface area (Å²) in [5.41, 5.74) is 2.36. The van der Waals surface area contributed by atoms with Crippen molar-refractivity contribution >= 4 is 24.4 Å². The summed E-state index contributed by atoms with van der Waals surface area (Å²) in [6.45, 7) is 7.41. The van der Waals surface area contributed by atoms with Crippen molar-refractivity contribution in [3.05, 3.63) is 64.0 Å². The van der Waals surface area contributed by atoms with Crippen molar-refractivity contribution in [2.45, 2.75) is 13.8 Å². The smallest absolute Gasteiger partial charge is 0.345 e. The average Bonchev–Trinajstić information content (AvgIpc) is 2.85. The molecule has 0 saturated carbocycles. The van der Waals surface area contributed by atoms with Gasteiger partial charge in [-0.2, -0.15) is 4.58 Å². The number of carbonyl (C=O) groups excluding carboxylic acids is 2. The van der Waals surface area contributed by atoms with E-state index < -0.39 is 11.9 Å². The minimum Gasteiger partial charge on any atom is -0.507 e. The molecule has 1 N–H and O–H groups in total.